The van der Waals surface area contributed by atoms with Crippen molar-refractivity contribution in [2.45, 2.75) is 5.92 Å². The van der Waals surface area contributed by atoms with Crippen LogP contribution < -0.4 is 26.5 Å². The van der Waals surface area contributed by atoms with E-state index in [0.717, 1.165) is 0 Å². The lowest BCUT2D eigenvalue weighted by Crippen LogP contribution is -2.33. The van der Waals surface area contributed by atoms with Gasteiger partial charge in [0.2, 0.25) is 11.8 Å². The van der Waals surface area contributed by atoms with Gasteiger partial charge in [0, 0.05) is 0 Å². The van der Waals surface area contributed by atoms with Gasteiger partial charge in [-0.15, -0.1) is 0 Å². The molecule has 0 spiro atoms. The summed E-state index contributed by atoms with van der Waals surface area (Å²) in [6.45, 7) is 0. The van der Waals surface area contributed by atoms with Gasteiger partial charge in [-0.2, -0.15) is 5.26 Å². The number of methoxy groups -OCH3 is 1. The number of nitriles is 1. The molecule has 4 N–H and O–H groups in total. The Morgan fingerprint density at radius 1 is 1.35 bits per heavy atom. The molecule has 116 valence electrons. The normalized spacial score (nSPS) is 16.3. The summed E-state index contributed by atoms with van der Waals surface area (Å²) in [6.07, 6.45) is 0. The standard InChI is InChI=1S/C15H12N4O4/c1-22-8-4-2-3-7(5-8)10-9(6-16)12(17)23-14-11(10)13(20)18-15(21)19-14/h2-5,10H,17H2,1H3,(H2,18,19,20,21)/t10-/m0/s1. The molecule has 0 unspecified atom stereocenters. The Balaban J connectivity index is 2.31. The summed E-state index contributed by atoms with van der Waals surface area (Å²) >= 11 is 0. The minimum atomic E-state index is -0.764. The van der Waals surface area contributed by atoms with E-state index in [4.69, 9.17) is 15.2 Å². The summed E-state index contributed by atoms with van der Waals surface area (Å²) in [5.41, 5.74) is 5.23. The first kappa shape index (κ1) is 14.5. The zero-order valence-electron chi connectivity index (χ0n) is 12.0. The van der Waals surface area contributed by atoms with Crippen molar-refractivity contribution in [3.63, 3.8) is 0 Å². The largest absolute Gasteiger partial charge is 0.497 e. The van der Waals surface area contributed by atoms with Gasteiger partial charge in [-0.1, -0.05) is 12.1 Å². The fraction of sp³-hybridized carbons (Fsp3) is 0.133. The highest BCUT2D eigenvalue weighted by molar-refractivity contribution is 5.53. The van der Waals surface area contributed by atoms with Crippen molar-refractivity contribution in [3.05, 3.63) is 67.7 Å². The average Bonchev–Trinajstić information content (AvgIpc) is 2.53. The smallest absolute Gasteiger partial charge is 0.328 e. The van der Waals surface area contributed by atoms with Crippen molar-refractivity contribution in [2.24, 2.45) is 5.73 Å². The van der Waals surface area contributed by atoms with E-state index in [1.54, 1.807) is 24.3 Å². The molecule has 1 atom stereocenters. The Bertz CT molecular complexity index is 964. The number of hydrogen-bond acceptors (Lipinski definition) is 6. The van der Waals surface area contributed by atoms with Crippen LogP contribution in [0.25, 0.3) is 0 Å². The maximum Gasteiger partial charge on any atom is 0.328 e. The quantitative estimate of drug-likeness (QED) is 0.729. The molecular weight excluding hydrogens is 300 g/mol. The van der Waals surface area contributed by atoms with Gasteiger partial charge in [-0.3, -0.25) is 14.8 Å². The molecule has 2 heterocycles. The third-order valence-corrected chi connectivity index (χ3v) is 3.55. The number of nitrogens with two attached hydrogens (primary N) is 1. The third-order valence-electron chi connectivity index (χ3n) is 3.55. The van der Waals surface area contributed by atoms with E-state index >= 15 is 0 Å². The molecule has 0 amide bonds. The van der Waals surface area contributed by atoms with Crippen molar-refractivity contribution in [3.8, 4) is 17.7 Å². The molecule has 0 aliphatic carbocycles. The summed E-state index contributed by atoms with van der Waals surface area (Å²) < 4.78 is 10.4. The average molecular weight is 312 g/mol. The summed E-state index contributed by atoms with van der Waals surface area (Å²) in [5, 5.41) is 9.41. The van der Waals surface area contributed by atoms with E-state index in [2.05, 4.69) is 9.97 Å². The Labute approximate surface area is 129 Å². The number of aromatic amines is 2. The number of nitrogens with one attached hydrogen (secondary N) is 2. The van der Waals surface area contributed by atoms with Crippen LogP contribution in [0.15, 0.2) is 45.3 Å². The van der Waals surface area contributed by atoms with E-state index in [9.17, 15) is 14.9 Å². The topological polar surface area (TPSA) is 134 Å². The minimum Gasteiger partial charge on any atom is -0.497 e. The monoisotopic (exact) mass is 312 g/mol. The molecule has 1 aliphatic heterocycles. The third kappa shape index (κ3) is 2.34. The number of ether oxygens (including phenoxy) is 2. The van der Waals surface area contributed by atoms with E-state index in [1.165, 1.54) is 7.11 Å². The zero-order chi connectivity index (χ0) is 16.6. The lowest BCUT2D eigenvalue weighted by molar-refractivity contribution is 0.373. The number of H-pyrrole nitrogens is 2. The van der Waals surface area contributed by atoms with Gasteiger partial charge in [0.15, 0.2) is 0 Å². The Morgan fingerprint density at radius 3 is 2.83 bits per heavy atom. The predicted molar refractivity (Wildman–Crippen MR) is 80.0 cm³/mol. The number of nitrogens with zero attached hydrogens (tertiary/aromatic N) is 1. The maximum absolute atomic E-state index is 12.2. The summed E-state index contributed by atoms with van der Waals surface area (Å²) in [5.74, 6) is -0.427. The van der Waals surface area contributed by atoms with Crippen molar-refractivity contribution in [2.75, 3.05) is 7.11 Å². The Kier molecular flexibility index (Phi) is 3.38. The molecule has 0 saturated carbocycles. The van der Waals surface area contributed by atoms with Gasteiger partial charge in [-0.25, -0.2) is 4.79 Å². The van der Waals surface area contributed by atoms with Crippen LogP contribution in [0.1, 0.15) is 17.0 Å². The summed E-state index contributed by atoms with van der Waals surface area (Å²) in [6, 6.07) is 8.86. The van der Waals surface area contributed by atoms with Gasteiger partial charge < -0.3 is 15.2 Å². The highest BCUT2D eigenvalue weighted by Gasteiger charge is 2.34. The second kappa shape index (κ2) is 5.38. The van der Waals surface area contributed by atoms with Crippen LogP contribution >= 0.6 is 0 Å². The van der Waals surface area contributed by atoms with Crippen molar-refractivity contribution >= 4 is 0 Å². The molecule has 2 aromatic rings. The lowest BCUT2D eigenvalue weighted by atomic mass is 9.85. The number of hydrogen-bond donors (Lipinski definition) is 3. The first-order valence-corrected chi connectivity index (χ1v) is 6.63. The van der Waals surface area contributed by atoms with Crippen LogP contribution in [0.3, 0.4) is 0 Å². The molecule has 23 heavy (non-hydrogen) atoms. The van der Waals surface area contributed by atoms with Crippen LogP contribution in [0, 0.1) is 11.3 Å². The molecule has 0 fully saturated rings. The van der Waals surface area contributed by atoms with Gasteiger partial charge in [0.25, 0.3) is 5.56 Å². The molecular formula is C15H12N4O4. The number of aromatic nitrogens is 2. The Morgan fingerprint density at radius 2 is 2.13 bits per heavy atom. The number of fused-ring (bicyclic) bond motifs is 1. The van der Waals surface area contributed by atoms with Crippen molar-refractivity contribution < 1.29 is 9.47 Å². The van der Waals surface area contributed by atoms with E-state index in [1.807, 2.05) is 6.07 Å². The molecule has 0 radical (unpaired) electrons. The minimum absolute atomic E-state index is 0.0666. The lowest BCUT2D eigenvalue weighted by Gasteiger charge is -2.24. The highest BCUT2D eigenvalue weighted by atomic mass is 16.5. The molecule has 1 aliphatic rings. The Hall–Kier alpha value is -3.47. The van der Waals surface area contributed by atoms with Crippen LogP contribution in [0.4, 0.5) is 0 Å². The van der Waals surface area contributed by atoms with Gasteiger partial charge in [0.05, 0.1) is 18.6 Å². The van der Waals surface area contributed by atoms with E-state index in [-0.39, 0.29) is 22.9 Å². The van der Waals surface area contributed by atoms with Crippen LogP contribution in [0.5, 0.6) is 11.6 Å². The fourth-order valence-electron chi connectivity index (χ4n) is 2.54. The zero-order valence-corrected chi connectivity index (χ0v) is 12.0. The second-order valence-electron chi connectivity index (χ2n) is 4.85. The first-order valence-electron chi connectivity index (χ1n) is 6.63. The highest BCUT2D eigenvalue weighted by Crippen LogP contribution is 2.39. The molecule has 1 aromatic carbocycles. The predicted octanol–water partition coefficient (Wildman–Crippen LogP) is 0.290. The molecule has 0 bridgehead atoms. The number of rotatable bonds is 2. The maximum atomic E-state index is 12.2. The fourth-order valence-corrected chi connectivity index (χ4v) is 2.54. The van der Waals surface area contributed by atoms with Crippen LogP contribution in [-0.2, 0) is 0 Å². The van der Waals surface area contributed by atoms with E-state index < -0.39 is 17.2 Å². The van der Waals surface area contributed by atoms with Gasteiger partial charge >= 0.3 is 5.69 Å². The van der Waals surface area contributed by atoms with E-state index in [0.29, 0.717) is 11.3 Å². The SMILES string of the molecule is COc1cccc([C@H]2C(C#N)=C(N)Oc3[nH]c(=O)[nH]c(=O)c32)c1. The van der Waals surface area contributed by atoms with Crippen LogP contribution in [0.2, 0.25) is 0 Å². The number of benzene rings is 1. The molecule has 8 heteroatoms. The number of allylic oxidation sites excluding steroid dienone is 1. The first-order chi connectivity index (χ1) is 11.0. The van der Waals surface area contributed by atoms with Gasteiger partial charge in [-0.05, 0) is 17.7 Å². The molecule has 3 rings (SSSR count). The van der Waals surface area contributed by atoms with Crippen molar-refractivity contribution in [1.29, 1.82) is 5.26 Å². The van der Waals surface area contributed by atoms with Gasteiger partial charge in [0.1, 0.15) is 17.4 Å². The summed E-state index contributed by atoms with van der Waals surface area (Å²) in [4.78, 5) is 28.2. The molecule has 0 saturated heterocycles. The molecule has 8 nitrogen and oxygen atoms in total. The molecule has 1 aromatic heterocycles. The second-order valence-corrected chi connectivity index (χ2v) is 4.85. The van der Waals surface area contributed by atoms with Crippen molar-refractivity contribution in [1.82, 2.24) is 9.97 Å². The van der Waals surface area contributed by atoms with Crippen LogP contribution in [-0.4, -0.2) is 17.1 Å². The summed E-state index contributed by atoms with van der Waals surface area (Å²) in [7, 11) is 1.51.